The molecular weight excluding hydrogens is 340 g/mol. The van der Waals surface area contributed by atoms with Crippen LogP contribution in [0.15, 0.2) is 29.4 Å². The van der Waals surface area contributed by atoms with Crippen molar-refractivity contribution in [1.29, 1.82) is 0 Å². The molecule has 0 bridgehead atoms. The Morgan fingerprint density at radius 1 is 1.12 bits per heavy atom. The fraction of sp³-hybridized carbons (Fsp3) is 0.375. The number of nitrogens with one attached hydrogen (secondary N) is 2. The maximum Gasteiger partial charge on any atom is 0.277 e. The van der Waals surface area contributed by atoms with Crippen LogP contribution >= 0.6 is 12.2 Å². The van der Waals surface area contributed by atoms with E-state index in [9.17, 15) is 9.59 Å². The monoisotopic (exact) mass is 362 g/mol. The quantitative estimate of drug-likeness (QED) is 0.400. The molecule has 1 aliphatic rings. The van der Waals surface area contributed by atoms with Gasteiger partial charge in [-0.2, -0.15) is 5.10 Å². The number of carbonyl (C=O) groups is 2. The molecule has 1 fully saturated rings. The van der Waals surface area contributed by atoms with Crippen LogP contribution in [0.4, 0.5) is 11.4 Å². The standard InChI is InChI=1S/C16H22N6O2S/c1-11(23)18-12-3-5-13(6-4-12)19-20-14(15(17)25)16(24)22-9-7-21(2)8-10-22/h3-6,19H,7-10H2,1-2H3,(H2,17,25)(H,18,23)/b20-14-. The zero-order valence-corrected chi connectivity index (χ0v) is 15.1. The lowest BCUT2D eigenvalue weighted by molar-refractivity contribution is -0.125. The first-order valence-corrected chi connectivity index (χ1v) is 8.26. The molecule has 0 atom stereocenters. The second-order valence-electron chi connectivity index (χ2n) is 5.79. The van der Waals surface area contributed by atoms with E-state index in [0.29, 0.717) is 24.5 Å². The molecular formula is C16H22N6O2S. The number of carbonyl (C=O) groups excluding carboxylic acids is 2. The Labute approximate surface area is 152 Å². The summed E-state index contributed by atoms with van der Waals surface area (Å²) in [5.74, 6) is -0.421. The third-order valence-electron chi connectivity index (χ3n) is 3.73. The molecule has 8 nitrogen and oxygen atoms in total. The second-order valence-corrected chi connectivity index (χ2v) is 6.23. The van der Waals surface area contributed by atoms with Crippen molar-refractivity contribution in [1.82, 2.24) is 9.80 Å². The van der Waals surface area contributed by atoms with Crippen molar-refractivity contribution in [3.63, 3.8) is 0 Å². The van der Waals surface area contributed by atoms with Gasteiger partial charge in [0.15, 0.2) is 5.71 Å². The number of nitrogens with zero attached hydrogens (tertiary/aromatic N) is 3. The zero-order valence-electron chi connectivity index (χ0n) is 14.3. The largest absolute Gasteiger partial charge is 0.388 e. The van der Waals surface area contributed by atoms with E-state index in [4.69, 9.17) is 18.0 Å². The molecule has 0 spiro atoms. The van der Waals surface area contributed by atoms with Gasteiger partial charge in [0.2, 0.25) is 5.91 Å². The number of thiocarbonyl (C=S) groups is 1. The number of amides is 2. The van der Waals surface area contributed by atoms with Crippen molar-refractivity contribution in [2.24, 2.45) is 10.8 Å². The van der Waals surface area contributed by atoms with E-state index in [0.717, 1.165) is 13.1 Å². The third-order valence-corrected chi connectivity index (χ3v) is 3.92. The lowest BCUT2D eigenvalue weighted by atomic mass is 10.2. The molecule has 2 rings (SSSR count). The minimum atomic E-state index is -0.275. The summed E-state index contributed by atoms with van der Waals surface area (Å²) < 4.78 is 0. The van der Waals surface area contributed by atoms with Crippen molar-refractivity contribution in [3.05, 3.63) is 24.3 Å². The Hall–Kier alpha value is -2.52. The summed E-state index contributed by atoms with van der Waals surface area (Å²) >= 11 is 4.97. The summed E-state index contributed by atoms with van der Waals surface area (Å²) in [6.45, 7) is 4.27. The van der Waals surface area contributed by atoms with E-state index < -0.39 is 0 Å². The minimum absolute atomic E-state index is 0.0329. The van der Waals surface area contributed by atoms with E-state index in [-0.39, 0.29) is 22.5 Å². The number of rotatable bonds is 5. The van der Waals surface area contributed by atoms with Crippen molar-refractivity contribution >= 4 is 46.1 Å². The Bertz CT molecular complexity index is 680. The topological polar surface area (TPSA) is 103 Å². The highest BCUT2D eigenvalue weighted by atomic mass is 32.1. The number of anilines is 2. The molecule has 9 heteroatoms. The van der Waals surface area contributed by atoms with E-state index in [1.165, 1.54) is 6.92 Å². The predicted octanol–water partition coefficient (Wildman–Crippen LogP) is 0.473. The Balaban J connectivity index is 2.05. The predicted molar refractivity (Wildman–Crippen MR) is 103 cm³/mol. The van der Waals surface area contributed by atoms with Gasteiger partial charge in [-0.1, -0.05) is 12.2 Å². The summed E-state index contributed by atoms with van der Waals surface area (Å²) in [6, 6.07) is 6.91. The molecule has 1 heterocycles. The highest BCUT2D eigenvalue weighted by molar-refractivity contribution is 7.82. The normalized spacial score (nSPS) is 15.6. The van der Waals surface area contributed by atoms with Crippen LogP contribution in [0.3, 0.4) is 0 Å². The van der Waals surface area contributed by atoms with Gasteiger partial charge in [-0.05, 0) is 31.3 Å². The van der Waals surface area contributed by atoms with Crippen LogP contribution in [0.5, 0.6) is 0 Å². The van der Waals surface area contributed by atoms with Crippen LogP contribution in [0.25, 0.3) is 0 Å². The molecule has 25 heavy (non-hydrogen) atoms. The number of hydrogen-bond donors (Lipinski definition) is 3. The van der Waals surface area contributed by atoms with Gasteiger partial charge in [0.1, 0.15) is 4.99 Å². The number of hydrazone groups is 1. The summed E-state index contributed by atoms with van der Waals surface area (Å²) in [5.41, 5.74) is 9.81. The van der Waals surface area contributed by atoms with E-state index in [1.807, 2.05) is 7.05 Å². The Kier molecular flexibility index (Phi) is 6.43. The van der Waals surface area contributed by atoms with Gasteiger partial charge in [-0.3, -0.25) is 15.0 Å². The molecule has 1 saturated heterocycles. The van der Waals surface area contributed by atoms with E-state index in [2.05, 4.69) is 20.7 Å². The van der Waals surface area contributed by atoms with Gasteiger partial charge in [0.25, 0.3) is 5.91 Å². The number of nitrogens with two attached hydrogens (primary N) is 1. The molecule has 0 radical (unpaired) electrons. The molecule has 4 N–H and O–H groups in total. The molecule has 1 aliphatic heterocycles. The van der Waals surface area contributed by atoms with Gasteiger partial charge < -0.3 is 20.9 Å². The first-order valence-electron chi connectivity index (χ1n) is 7.86. The fourth-order valence-corrected chi connectivity index (χ4v) is 2.45. The molecule has 0 aromatic heterocycles. The number of piperazine rings is 1. The summed E-state index contributed by atoms with van der Waals surface area (Å²) in [4.78, 5) is 27.4. The highest BCUT2D eigenvalue weighted by Crippen LogP contribution is 2.13. The Morgan fingerprint density at radius 2 is 1.68 bits per heavy atom. The fourth-order valence-electron chi connectivity index (χ4n) is 2.32. The van der Waals surface area contributed by atoms with Crippen molar-refractivity contribution in [2.45, 2.75) is 6.92 Å². The van der Waals surface area contributed by atoms with Gasteiger partial charge in [0.05, 0.1) is 5.69 Å². The van der Waals surface area contributed by atoms with Gasteiger partial charge >= 0.3 is 0 Å². The van der Waals surface area contributed by atoms with Crippen LogP contribution in [0.1, 0.15) is 6.92 Å². The number of hydrogen-bond acceptors (Lipinski definition) is 6. The number of benzene rings is 1. The lowest BCUT2D eigenvalue weighted by Crippen LogP contribution is -2.51. The molecule has 0 aliphatic carbocycles. The zero-order chi connectivity index (χ0) is 18.4. The van der Waals surface area contributed by atoms with Crippen molar-refractivity contribution in [2.75, 3.05) is 44.0 Å². The highest BCUT2D eigenvalue weighted by Gasteiger charge is 2.25. The van der Waals surface area contributed by atoms with Crippen LogP contribution < -0.4 is 16.5 Å². The molecule has 134 valence electrons. The molecule has 1 aromatic carbocycles. The van der Waals surface area contributed by atoms with Crippen LogP contribution in [0, 0.1) is 0 Å². The average molecular weight is 362 g/mol. The Morgan fingerprint density at radius 3 is 2.20 bits per heavy atom. The molecule has 1 aromatic rings. The summed E-state index contributed by atoms with van der Waals surface area (Å²) in [5, 5.41) is 6.76. The van der Waals surface area contributed by atoms with Crippen molar-refractivity contribution in [3.8, 4) is 0 Å². The molecule has 2 amide bonds. The summed E-state index contributed by atoms with van der Waals surface area (Å²) in [6.07, 6.45) is 0. The van der Waals surface area contributed by atoms with Gasteiger partial charge in [0, 0.05) is 38.8 Å². The van der Waals surface area contributed by atoms with Crippen LogP contribution in [-0.2, 0) is 9.59 Å². The average Bonchev–Trinajstić information content (AvgIpc) is 2.56. The smallest absolute Gasteiger partial charge is 0.277 e. The maximum atomic E-state index is 12.6. The van der Waals surface area contributed by atoms with E-state index in [1.54, 1.807) is 29.2 Å². The SMILES string of the molecule is CC(=O)Nc1ccc(N/N=C(\C(=O)N2CCN(C)CC2)C(N)=S)cc1. The van der Waals surface area contributed by atoms with Gasteiger partial charge in [-0.25, -0.2) is 0 Å². The minimum Gasteiger partial charge on any atom is -0.388 e. The van der Waals surface area contributed by atoms with Gasteiger partial charge in [-0.15, -0.1) is 0 Å². The maximum absolute atomic E-state index is 12.6. The van der Waals surface area contributed by atoms with Crippen LogP contribution in [-0.4, -0.2) is 65.5 Å². The third kappa shape index (κ3) is 5.50. The first kappa shape index (κ1) is 18.8. The lowest BCUT2D eigenvalue weighted by Gasteiger charge is -2.32. The van der Waals surface area contributed by atoms with Crippen molar-refractivity contribution < 1.29 is 9.59 Å². The molecule has 0 unspecified atom stereocenters. The van der Waals surface area contributed by atoms with E-state index >= 15 is 0 Å². The first-order chi connectivity index (χ1) is 11.9. The molecule has 0 saturated carbocycles. The second kappa shape index (κ2) is 8.54. The number of likely N-dealkylation sites (N-methyl/N-ethyl adjacent to an activating group) is 1. The van der Waals surface area contributed by atoms with Crippen LogP contribution in [0.2, 0.25) is 0 Å². The summed E-state index contributed by atoms with van der Waals surface area (Å²) in [7, 11) is 2.01.